The predicted octanol–water partition coefficient (Wildman–Crippen LogP) is 2.55. The van der Waals surface area contributed by atoms with Gasteiger partial charge in [0.1, 0.15) is 5.82 Å². The second-order valence-corrected chi connectivity index (χ2v) is 3.70. The molecule has 1 unspecified atom stereocenters. The van der Waals surface area contributed by atoms with Crippen LogP contribution in [0.1, 0.15) is 19.4 Å². The molecule has 0 saturated carbocycles. The van der Waals surface area contributed by atoms with Crippen molar-refractivity contribution < 1.29 is 14.3 Å². The number of rotatable bonds is 4. The van der Waals surface area contributed by atoms with Crippen molar-refractivity contribution in [1.82, 2.24) is 0 Å². The Hall–Kier alpha value is -2.17. The lowest BCUT2D eigenvalue weighted by molar-refractivity contribution is -0.471. The highest BCUT2D eigenvalue weighted by Gasteiger charge is 2.20. The van der Waals surface area contributed by atoms with Crippen LogP contribution in [0.15, 0.2) is 41.6 Å². The van der Waals surface area contributed by atoms with E-state index in [-0.39, 0.29) is 11.5 Å². The van der Waals surface area contributed by atoms with Crippen molar-refractivity contribution in [2.24, 2.45) is 5.16 Å². The summed E-state index contributed by atoms with van der Waals surface area (Å²) in [4.78, 5) is 0. The molecule has 1 aromatic carbocycles. The molecule has 1 N–H and O–H groups in total. The molecule has 1 rings (SSSR count). The molecule has 0 radical (unpaired) electrons. The fraction of sp³-hybridized carbons (Fsp3) is 0.231. The molecule has 0 saturated heterocycles. The summed E-state index contributed by atoms with van der Waals surface area (Å²) in [5, 5.41) is 23.8. The van der Waals surface area contributed by atoms with Crippen molar-refractivity contribution in [2.45, 2.75) is 19.9 Å². The highest BCUT2D eigenvalue weighted by molar-refractivity contribution is 6.03. The normalized spacial score (nSPS) is 15.1. The summed E-state index contributed by atoms with van der Waals surface area (Å²) >= 11 is 0. The molecule has 0 amide bonds. The Labute approximate surface area is 105 Å². The Morgan fingerprint density at radius 3 is 2.56 bits per heavy atom. The van der Waals surface area contributed by atoms with Gasteiger partial charge in [0.15, 0.2) is 11.9 Å². The Morgan fingerprint density at radius 1 is 1.44 bits per heavy atom. The van der Waals surface area contributed by atoms with Gasteiger partial charge in [-0.1, -0.05) is 11.2 Å². The maximum absolute atomic E-state index is 12.8. The third-order valence-corrected chi connectivity index (χ3v) is 2.45. The van der Waals surface area contributed by atoms with Crippen LogP contribution < -0.4 is 0 Å². The van der Waals surface area contributed by atoms with Crippen molar-refractivity contribution >= 4 is 11.9 Å². The SMILES string of the molecule is C/C=C/C=[N+](\[O-])C(C)/C(=N\O)c1ccc(F)cc1. The van der Waals surface area contributed by atoms with Crippen LogP contribution in [0.4, 0.5) is 4.39 Å². The second kappa shape index (κ2) is 6.54. The number of oxime groups is 1. The monoisotopic (exact) mass is 250 g/mol. The molecule has 0 aliphatic heterocycles. The van der Waals surface area contributed by atoms with Crippen molar-refractivity contribution in [3.63, 3.8) is 0 Å². The average molecular weight is 250 g/mol. The number of allylic oxidation sites excluding steroid dienone is 2. The lowest BCUT2D eigenvalue weighted by Crippen LogP contribution is -2.29. The number of halogens is 1. The molecule has 1 aromatic rings. The first kappa shape index (κ1) is 13.9. The topological polar surface area (TPSA) is 58.7 Å². The Balaban J connectivity index is 3.01. The molecule has 18 heavy (non-hydrogen) atoms. The quantitative estimate of drug-likeness (QED) is 0.293. The van der Waals surface area contributed by atoms with E-state index >= 15 is 0 Å². The summed E-state index contributed by atoms with van der Waals surface area (Å²) < 4.78 is 13.5. The molecule has 0 aliphatic rings. The molecule has 0 bridgehead atoms. The summed E-state index contributed by atoms with van der Waals surface area (Å²) in [6.45, 7) is 3.39. The van der Waals surface area contributed by atoms with Gasteiger partial charge in [-0.15, -0.1) is 0 Å². The highest BCUT2D eigenvalue weighted by Crippen LogP contribution is 2.08. The van der Waals surface area contributed by atoms with E-state index < -0.39 is 6.04 Å². The van der Waals surface area contributed by atoms with Gasteiger partial charge < -0.3 is 10.4 Å². The molecule has 4 nitrogen and oxygen atoms in total. The second-order valence-electron chi connectivity index (χ2n) is 3.70. The van der Waals surface area contributed by atoms with E-state index in [9.17, 15) is 9.60 Å². The number of benzene rings is 1. The van der Waals surface area contributed by atoms with Crippen LogP contribution in [0.3, 0.4) is 0 Å². The Morgan fingerprint density at radius 2 is 2.06 bits per heavy atom. The largest absolute Gasteiger partial charge is 0.623 e. The predicted molar refractivity (Wildman–Crippen MR) is 68.7 cm³/mol. The third kappa shape index (κ3) is 3.41. The minimum Gasteiger partial charge on any atom is -0.623 e. The van der Waals surface area contributed by atoms with E-state index in [2.05, 4.69) is 5.16 Å². The van der Waals surface area contributed by atoms with Crippen molar-refractivity contribution in [3.05, 3.63) is 53.0 Å². The van der Waals surface area contributed by atoms with E-state index in [0.29, 0.717) is 10.3 Å². The number of hydrogen-bond acceptors (Lipinski definition) is 3. The molecular formula is C13H15FN2O2. The third-order valence-electron chi connectivity index (χ3n) is 2.45. The molecule has 0 spiro atoms. The minimum atomic E-state index is -0.670. The molecule has 0 heterocycles. The van der Waals surface area contributed by atoms with Crippen LogP contribution in [0.5, 0.6) is 0 Å². The van der Waals surface area contributed by atoms with Gasteiger partial charge in [-0.2, -0.15) is 0 Å². The molecule has 0 aliphatic carbocycles. The van der Waals surface area contributed by atoms with Gasteiger partial charge in [0.2, 0.25) is 6.04 Å². The van der Waals surface area contributed by atoms with E-state index in [1.54, 1.807) is 26.0 Å². The summed E-state index contributed by atoms with van der Waals surface area (Å²) in [5.41, 5.74) is 0.687. The van der Waals surface area contributed by atoms with Crippen molar-refractivity contribution in [3.8, 4) is 0 Å². The first-order valence-corrected chi connectivity index (χ1v) is 5.49. The van der Waals surface area contributed by atoms with Crippen LogP contribution in [0.2, 0.25) is 0 Å². The smallest absolute Gasteiger partial charge is 0.206 e. The standard InChI is InChI=1S/C13H15FN2O2/c1-3-4-9-16(18)10(2)13(15-17)11-5-7-12(14)8-6-11/h3-10,17H,1-2H3/b4-3+,15-13+,16-9-. The molecule has 0 aromatic heterocycles. The fourth-order valence-electron chi connectivity index (χ4n) is 1.42. The zero-order chi connectivity index (χ0) is 13.5. The van der Waals surface area contributed by atoms with Crippen LogP contribution in [0.25, 0.3) is 0 Å². The van der Waals surface area contributed by atoms with Crippen LogP contribution in [-0.4, -0.2) is 27.9 Å². The molecular weight excluding hydrogens is 235 g/mol. The lowest BCUT2D eigenvalue weighted by Gasteiger charge is -2.13. The zero-order valence-corrected chi connectivity index (χ0v) is 10.2. The summed E-state index contributed by atoms with van der Waals surface area (Å²) in [6.07, 6.45) is 4.63. The first-order valence-electron chi connectivity index (χ1n) is 5.49. The first-order chi connectivity index (χ1) is 8.60. The summed E-state index contributed by atoms with van der Waals surface area (Å²) in [5.74, 6) is -0.386. The molecule has 1 atom stereocenters. The van der Waals surface area contributed by atoms with Gasteiger partial charge in [-0.25, -0.2) is 9.13 Å². The number of hydrogen-bond donors (Lipinski definition) is 1. The van der Waals surface area contributed by atoms with E-state index in [1.165, 1.54) is 30.5 Å². The van der Waals surface area contributed by atoms with Crippen LogP contribution in [0, 0.1) is 11.0 Å². The van der Waals surface area contributed by atoms with Crippen molar-refractivity contribution in [2.75, 3.05) is 0 Å². The molecule has 5 heteroatoms. The van der Waals surface area contributed by atoms with Gasteiger partial charge >= 0.3 is 0 Å². The van der Waals surface area contributed by atoms with E-state index in [0.717, 1.165) is 0 Å². The average Bonchev–Trinajstić information content (AvgIpc) is 2.38. The van der Waals surface area contributed by atoms with Gasteiger partial charge in [0.05, 0.1) is 0 Å². The highest BCUT2D eigenvalue weighted by atomic mass is 19.1. The minimum absolute atomic E-state index is 0.186. The fourth-order valence-corrected chi connectivity index (χ4v) is 1.42. The Kier molecular flexibility index (Phi) is 5.05. The van der Waals surface area contributed by atoms with Crippen LogP contribution in [-0.2, 0) is 0 Å². The van der Waals surface area contributed by atoms with Crippen LogP contribution >= 0.6 is 0 Å². The molecule has 0 fully saturated rings. The lowest BCUT2D eigenvalue weighted by atomic mass is 10.0. The summed E-state index contributed by atoms with van der Waals surface area (Å²) in [7, 11) is 0. The van der Waals surface area contributed by atoms with Gasteiger partial charge in [-0.05, 0) is 37.3 Å². The van der Waals surface area contributed by atoms with Gasteiger partial charge in [0.25, 0.3) is 0 Å². The zero-order valence-electron chi connectivity index (χ0n) is 10.2. The summed E-state index contributed by atoms with van der Waals surface area (Å²) in [6, 6.07) is 4.75. The maximum Gasteiger partial charge on any atom is 0.206 e. The van der Waals surface area contributed by atoms with Gasteiger partial charge in [0, 0.05) is 12.5 Å². The van der Waals surface area contributed by atoms with Crippen molar-refractivity contribution in [1.29, 1.82) is 0 Å². The van der Waals surface area contributed by atoms with E-state index in [1.807, 2.05) is 0 Å². The van der Waals surface area contributed by atoms with E-state index in [4.69, 9.17) is 5.21 Å². The van der Waals surface area contributed by atoms with Gasteiger partial charge in [-0.3, -0.25) is 0 Å². The maximum atomic E-state index is 12.8. The number of nitrogens with zero attached hydrogens (tertiary/aromatic N) is 2. The number of hydroxylamine groups is 1. The Bertz CT molecular complexity index is 478. The molecule has 96 valence electrons.